The van der Waals surface area contributed by atoms with Crippen molar-refractivity contribution >= 4 is 11.6 Å². The molecule has 0 saturated carbocycles. The summed E-state index contributed by atoms with van der Waals surface area (Å²) in [5, 5.41) is 3.19. The Kier molecular flexibility index (Phi) is 5.34. The lowest BCUT2D eigenvalue weighted by atomic mass is 10.2. The van der Waals surface area contributed by atoms with E-state index in [-0.39, 0.29) is 0 Å². The highest BCUT2D eigenvalue weighted by Gasteiger charge is 2.09. The van der Waals surface area contributed by atoms with Crippen LogP contribution in [0.2, 0.25) is 0 Å². The minimum atomic E-state index is 0.642. The number of nitrogens with zero attached hydrogens (tertiary/aromatic N) is 3. The highest BCUT2D eigenvalue weighted by Crippen LogP contribution is 2.12. The molecule has 5 heteroatoms. The average Bonchev–Trinajstić information content (AvgIpc) is 2.58. The van der Waals surface area contributed by atoms with E-state index >= 15 is 0 Å². The van der Waals surface area contributed by atoms with E-state index in [1.165, 1.54) is 5.56 Å². The zero-order valence-corrected chi connectivity index (χ0v) is 12.7. The molecule has 3 rings (SSSR count). The number of rotatable bonds is 6. The van der Waals surface area contributed by atoms with E-state index < -0.39 is 0 Å². The third-order valence-corrected chi connectivity index (χ3v) is 3.78. The minimum absolute atomic E-state index is 0.642. The molecule has 1 aromatic carbocycles. The highest BCUT2D eigenvalue weighted by atomic mass is 16.5. The van der Waals surface area contributed by atoms with Gasteiger partial charge in [0.05, 0.1) is 13.2 Å². The molecule has 22 heavy (non-hydrogen) atoms. The quantitative estimate of drug-likeness (QED) is 0.888. The van der Waals surface area contributed by atoms with Crippen LogP contribution >= 0.6 is 0 Å². The van der Waals surface area contributed by atoms with Crippen LogP contribution in [0.4, 0.5) is 11.6 Å². The Balaban J connectivity index is 1.45. The second-order valence-electron chi connectivity index (χ2n) is 5.46. The van der Waals surface area contributed by atoms with Crippen molar-refractivity contribution in [3.8, 4) is 0 Å². The van der Waals surface area contributed by atoms with Crippen molar-refractivity contribution in [3.63, 3.8) is 0 Å². The molecule has 0 atom stereocenters. The normalized spacial score (nSPS) is 15.6. The summed E-state index contributed by atoms with van der Waals surface area (Å²) in [6.45, 7) is 4.95. The summed E-state index contributed by atoms with van der Waals surface area (Å²) in [7, 11) is 0. The molecule has 0 aliphatic carbocycles. The van der Waals surface area contributed by atoms with E-state index in [4.69, 9.17) is 4.74 Å². The molecule has 1 aromatic heterocycles. The first-order valence-corrected chi connectivity index (χ1v) is 7.83. The van der Waals surface area contributed by atoms with Gasteiger partial charge in [0.25, 0.3) is 0 Å². The van der Waals surface area contributed by atoms with E-state index in [1.54, 1.807) is 0 Å². The van der Waals surface area contributed by atoms with Crippen molar-refractivity contribution in [2.45, 2.75) is 12.8 Å². The van der Waals surface area contributed by atoms with E-state index in [0.29, 0.717) is 5.95 Å². The van der Waals surface area contributed by atoms with Crippen molar-refractivity contribution in [3.05, 3.63) is 48.3 Å². The van der Waals surface area contributed by atoms with Crippen LogP contribution in [-0.2, 0) is 11.2 Å². The van der Waals surface area contributed by atoms with Crippen LogP contribution in [0.15, 0.2) is 42.7 Å². The van der Waals surface area contributed by atoms with Crippen molar-refractivity contribution in [1.29, 1.82) is 0 Å². The second kappa shape index (κ2) is 7.87. The van der Waals surface area contributed by atoms with Gasteiger partial charge in [0.1, 0.15) is 0 Å². The average molecular weight is 298 g/mol. The molecule has 1 aliphatic rings. The van der Waals surface area contributed by atoms with Gasteiger partial charge in [-0.15, -0.1) is 0 Å². The van der Waals surface area contributed by atoms with Crippen LogP contribution in [0.25, 0.3) is 0 Å². The molecular formula is C17H22N4O. The lowest BCUT2D eigenvalue weighted by molar-refractivity contribution is 0.0374. The maximum atomic E-state index is 5.36. The predicted molar refractivity (Wildman–Crippen MR) is 87.3 cm³/mol. The molecule has 5 nitrogen and oxygen atoms in total. The summed E-state index contributed by atoms with van der Waals surface area (Å²) < 4.78 is 5.36. The van der Waals surface area contributed by atoms with Crippen molar-refractivity contribution in [2.24, 2.45) is 0 Å². The first kappa shape index (κ1) is 14.9. The van der Waals surface area contributed by atoms with Gasteiger partial charge in [-0.25, -0.2) is 9.97 Å². The number of benzene rings is 1. The Hall–Kier alpha value is -1.98. The smallest absolute Gasteiger partial charge is 0.227 e. The molecule has 0 unspecified atom stereocenters. The summed E-state index contributed by atoms with van der Waals surface area (Å²) in [5.41, 5.74) is 2.19. The van der Waals surface area contributed by atoms with Crippen molar-refractivity contribution in [2.75, 3.05) is 38.2 Å². The first-order chi connectivity index (χ1) is 10.9. The summed E-state index contributed by atoms with van der Waals surface area (Å²) in [6, 6.07) is 9.97. The van der Waals surface area contributed by atoms with Crippen LogP contribution in [0.5, 0.6) is 0 Å². The summed E-state index contributed by atoms with van der Waals surface area (Å²) in [4.78, 5) is 11.2. The van der Waals surface area contributed by atoms with Crippen molar-refractivity contribution < 1.29 is 4.74 Å². The lowest BCUT2D eigenvalue weighted by Gasteiger charge is -2.26. The van der Waals surface area contributed by atoms with Gasteiger partial charge >= 0.3 is 0 Å². The Morgan fingerprint density at radius 2 is 1.77 bits per heavy atom. The lowest BCUT2D eigenvalue weighted by Crippen LogP contribution is -2.36. The highest BCUT2D eigenvalue weighted by molar-refractivity contribution is 5.52. The molecule has 0 radical (unpaired) electrons. The zero-order valence-electron chi connectivity index (χ0n) is 12.7. The topological polar surface area (TPSA) is 50.3 Å². The Morgan fingerprint density at radius 1 is 1.05 bits per heavy atom. The fourth-order valence-electron chi connectivity index (χ4n) is 2.53. The van der Waals surface area contributed by atoms with Gasteiger partial charge in [0, 0.05) is 31.2 Å². The van der Waals surface area contributed by atoms with E-state index in [0.717, 1.165) is 51.4 Å². The largest absolute Gasteiger partial charge is 0.379 e. The van der Waals surface area contributed by atoms with Gasteiger partial charge in [-0.2, -0.15) is 0 Å². The fourth-order valence-corrected chi connectivity index (χ4v) is 2.53. The van der Waals surface area contributed by atoms with Gasteiger partial charge in [-0.05, 0) is 37.1 Å². The number of morpholine rings is 1. The Morgan fingerprint density at radius 3 is 2.50 bits per heavy atom. The van der Waals surface area contributed by atoms with Gasteiger partial charge in [0.15, 0.2) is 0 Å². The molecule has 1 N–H and O–H groups in total. The Labute approximate surface area is 131 Å². The first-order valence-electron chi connectivity index (χ1n) is 7.83. The van der Waals surface area contributed by atoms with Gasteiger partial charge in [0.2, 0.25) is 5.95 Å². The summed E-state index contributed by atoms with van der Waals surface area (Å²) in [6.07, 6.45) is 5.98. The number of hydrogen-bond acceptors (Lipinski definition) is 5. The molecule has 0 amide bonds. The van der Waals surface area contributed by atoms with Gasteiger partial charge < -0.3 is 10.1 Å². The molecule has 1 aliphatic heterocycles. The van der Waals surface area contributed by atoms with E-state index in [2.05, 4.69) is 20.2 Å². The standard InChI is InChI=1S/C17H22N4O/c1-2-6-16(7-3-1)20-17-18-13-15(14-19-17)5-4-8-21-9-11-22-12-10-21/h1-3,6-7,13-14H,4-5,8-12H2,(H,18,19,20). The number of para-hydroxylation sites is 1. The van der Waals surface area contributed by atoms with Gasteiger partial charge in [-0.1, -0.05) is 18.2 Å². The minimum Gasteiger partial charge on any atom is -0.379 e. The number of anilines is 2. The molecule has 1 saturated heterocycles. The Bertz CT molecular complexity index is 553. The van der Waals surface area contributed by atoms with Crippen LogP contribution in [0.1, 0.15) is 12.0 Å². The van der Waals surface area contributed by atoms with Crippen LogP contribution < -0.4 is 5.32 Å². The molecule has 0 bridgehead atoms. The van der Waals surface area contributed by atoms with E-state index in [1.807, 2.05) is 42.7 Å². The third kappa shape index (κ3) is 4.51. The maximum Gasteiger partial charge on any atom is 0.227 e. The summed E-state index contributed by atoms with van der Waals surface area (Å²) >= 11 is 0. The maximum absolute atomic E-state index is 5.36. The number of hydrogen-bond donors (Lipinski definition) is 1. The number of nitrogens with one attached hydrogen (secondary N) is 1. The molecule has 2 heterocycles. The number of aromatic nitrogens is 2. The van der Waals surface area contributed by atoms with Gasteiger partial charge in [-0.3, -0.25) is 4.90 Å². The molecular weight excluding hydrogens is 276 g/mol. The van der Waals surface area contributed by atoms with Crippen LogP contribution in [0.3, 0.4) is 0 Å². The third-order valence-electron chi connectivity index (χ3n) is 3.78. The fraction of sp³-hybridized carbons (Fsp3) is 0.412. The summed E-state index contributed by atoms with van der Waals surface area (Å²) in [5.74, 6) is 0.642. The zero-order chi connectivity index (χ0) is 15.0. The van der Waals surface area contributed by atoms with Crippen LogP contribution in [0, 0.1) is 0 Å². The molecule has 116 valence electrons. The SMILES string of the molecule is c1ccc(Nc2ncc(CCCN3CCOCC3)cn2)cc1. The molecule has 0 spiro atoms. The molecule has 1 fully saturated rings. The number of ether oxygens (including phenoxy) is 1. The monoisotopic (exact) mass is 298 g/mol. The van der Waals surface area contributed by atoms with E-state index in [9.17, 15) is 0 Å². The van der Waals surface area contributed by atoms with Crippen LogP contribution in [-0.4, -0.2) is 47.7 Å². The predicted octanol–water partition coefficient (Wildman–Crippen LogP) is 2.49. The second-order valence-corrected chi connectivity index (χ2v) is 5.46. The molecule has 2 aromatic rings. The number of aryl methyl sites for hydroxylation is 1. The van der Waals surface area contributed by atoms with Crippen molar-refractivity contribution in [1.82, 2.24) is 14.9 Å².